The van der Waals surface area contributed by atoms with Crippen molar-refractivity contribution in [3.63, 3.8) is 0 Å². The van der Waals surface area contributed by atoms with E-state index in [0.29, 0.717) is 5.92 Å². The molecule has 0 aromatic carbocycles. The summed E-state index contributed by atoms with van der Waals surface area (Å²) in [4.78, 5) is 3.64. The van der Waals surface area contributed by atoms with E-state index in [1.165, 1.54) is 0 Å². The zero-order chi connectivity index (χ0) is 14.6. The molecule has 2 rings (SSSR count). The van der Waals surface area contributed by atoms with Gasteiger partial charge in [-0.2, -0.15) is 18.3 Å². The lowest BCUT2D eigenvalue weighted by Crippen LogP contribution is -2.07. The number of hydrazone groups is 1. The van der Waals surface area contributed by atoms with Crippen LogP contribution in [0.15, 0.2) is 29.5 Å². The van der Waals surface area contributed by atoms with Gasteiger partial charge in [0.25, 0.3) is 0 Å². The Balaban J connectivity index is 1.99. The number of halogens is 4. The maximum absolute atomic E-state index is 12.4. The number of alkyl halides is 3. The van der Waals surface area contributed by atoms with E-state index in [0.717, 1.165) is 31.5 Å². The quantitative estimate of drug-likeness (QED) is 0.507. The summed E-state index contributed by atoms with van der Waals surface area (Å²) in [5.41, 5.74) is 1.69. The summed E-state index contributed by atoms with van der Waals surface area (Å²) in [5.74, 6) is 0.447. The third kappa shape index (κ3) is 3.96. The minimum Gasteiger partial charge on any atom is -0.260 e. The van der Waals surface area contributed by atoms with Gasteiger partial charge in [-0.05, 0) is 31.2 Å². The SMILES string of the molecule is FC(F)(F)c1cnc(N/N=C\[C@@H]2CC=CCC2)c(Cl)c1. The highest BCUT2D eigenvalue weighted by Gasteiger charge is 2.31. The van der Waals surface area contributed by atoms with E-state index in [4.69, 9.17) is 11.6 Å². The second kappa shape index (κ2) is 6.26. The number of rotatable bonds is 3. The first-order valence-corrected chi connectivity index (χ1v) is 6.51. The monoisotopic (exact) mass is 303 g/mol. The molecule has 1 N–H and O–H groups in total. The Morgan fingerprint density at radius 1 is 1.40 bits per heavy atom. The van der Waals surface area contributed by atoms with Gasteiger partial charge in [0.2, 0.25) is 0 Å². The van der Waals surface area contributed by atoms with Crippen LogP contribution < -0.4 is 5.43 Å². The number of nitrogens with zero attached hydrogens (tertiary/aromatic N) is 2. The molecule has 0 amide bonds. The van der Waals surface area contributed by atoms with E-state index in [1.807, 2.05) is 0 Å². The average molecular weight is 304 g/mol. The molecule has 1 aromatic heterocycles. The summed E-state index contributed by atoms with van der Waals surface area (Å²) in [6.07, 6.45) is 5.15. The van der Waals surface area contributed by atoms with Crippen molar-refractivity contribution in [2.75, 3.05) is 5.43 Å². The first-order valence-electron chi connectivity index (χ1n) is 6.14. The van der Waals surface area contributed by atoms with Crippen LogP contribution in [-0.4, -0.2) is 11.2 Å². The third-order valence-electron chi connectivity index (χ3n) is 2.93. The zero-order valence-electron chi connectivity index (χ0n) is 10.5. The van der Waals surface area contributed by atoms with Crippen molar-refractivity contribution in [3.8, 4) is 0 Å². The van der Waals surface area contributed by atoms with Crippen molar-refractivity contribution >= 4 is 23.6 Å². The summed E-state index contributed by atoms with van der Waals surface area (Å²) in [6, 6.07) is 0.829. The van der Waals surface area contributed by atoms with Gasteiger partial charge in [0.15, 0.2) is 5.82 Å². The van der Waals surface area contributed by atoms with Crippen LogP contribution in [-0.2, 0) is 6.18 Å². The van der Waals surface area contributed by atoms with Gasteiger partial charge < -0.3 is 0 Å². The fourth-order valence-electron chi connectivity index (χ4n) is 1.83. The number of allylic oxidation sites excluding steroid dienone is 2. The molecule has 0 fully saturated rings. The van der Waals surface area contributed by atoms with Gasteiger partial charge in [0.05, 0.1) is 10.6 Å². The van der Waals surface area contributed by atoms with Gasteiger partial charge in [0, 0.05) is 12.4 Å². The van der Waals surface area contributed by atoms with E-state index in [-0.39, 0.29) is 10.8 Å². The molecule has 0 saturated heterocycles. The number of anilines is 1. The summed E-state index contributed by atoms with van der Waals surface area (Å²) in [5, 5.41) is 3.87. The fraction of sp³-hybridized carbons (Fsp3) is 0.385. The summed E-state index contributed by atoms with van der Waals surface area (Å²) >= 11 is 5.75. The second-order valence-electron chi connectivity index (χ2n) is 4.49. The Hall–Kier alpha value is -1.56. The lowest BCUT2D eigenvalue weighted by atomic mass is 9.96. The van der Waals surface area contributed by atoms with Crippen LogP contribution >= 0.6 is 11.6 Å². The van der Waals surface area contributed by atoms with Crippen molar-refractivity contribution in [2.45, 2.75) is 25.4 Å². The highest BCUT2D eigenvalue weighted by Crippen LogP contribution is 2.32. The molecular formula is C13H13ClF3N3. The molecule has 7 heteroatoms. The van der Waals surface area contributed by atoms with Crippen molar-refractivity contribution in [1.82, 2.24) is 4.98 Å². The van der Waals surface area contributed by atoms with Crippen molar-refractivity contribution < 1.29 is 13.2 Å². The Morgan fingerprint density at radius 3 is 2.80 bits per heavy atom. The first-order chi connectivity index (χ1) is 9.47. The van der Waals surface area contributed by atoms with Crippen LogP contribution in [0, 0.1) is 5.92 Å². The molecule has 1 aromatic rings. The molecule has 0 radical (unpaired) electrons. The van der Waals surface area contributed by atoms with Crippen molar-refractivity contribution in [1.29, 1.82) is 0 Å². The van der Waals surface area contributed by atoms with Crippen LogP contribution in [0.2, 0.25) is 5.02 Å². The number of nitrogens with one attached hydrogen (secondary N) is 1. The molecule has 108 valence electrons. The minimum absolute atomic E-state index is 0.111. The predicted octanol–water partition coefficient (Wildman–Crippen LogP) is 4.51. The smallest absolute Gasteiger partial charge is 0.260 e. The number of pyridine rings is 1. The van der Waals surface area contributed by atoms with Gasteiger partial charge in [-0.3, -0.25) is 5.43 Å². The van der Waals surface area contributed by atoms with Crippen molar-refractivity contribution in [3.05, 3.63) is 35.0 Å². The molecule has 1 aliphatic carbocycles. The van der Waals surface area contributed by atoms with Crippen LogP contribution in [0.1, 0.15) is 24.8 Å². The number of hydrogen-bond donors (Lipinski definition) is 1. The van der Waals surface area contributed by atoms with Crippen LogP contribution in [0.25, 0.3) is 0 Å². The van der Waals surface area contributed by atoms with E-state index in [2.05, 4.69) is 27.7 Å². The molecule has 0 aliphatic heterocycles. The average Bonchev–Trinajstić information content (AvgIpc) is 2.40. The summed E-state index contributed by atoms with van der Waals surface area (Å²) in [7, 11) is 0. The van der Waals surface area contributed by atoms with E-state index in [9.17, 15) is 13.2 Å². The fourth-order valence-corrected chi connectivity index (χ4v) is 2.04. The molecule has 1 aliphatic rings. The summed E-state index contributed by atoms with van der Waals surface area (Å²) in [6.45, 7) is 0. The second-order valence-corrected chi connectivity index (χ2v) is 4.89. The van der Waals surface area contributed by atoms with Gasteiger partial charge in [-0.1, -0.05) is 23.8 Å². The number of aromatic nitrogens is 1. The molecule has 0 unspecified atom stereocenters. The number of hydrogen-bond acceptors (Lipinski definition) is 3. The maximum Gasteiger partial charge on any atom is 0.417 e. The van der Waals surface area contributed by atoms with Gasteiger partial charge in [0.1, 0.15) is 0 Å². The highest BCUT2D eigenvalue weighted by molar-refractivity contribution is 6.32. The van der Waals surface area contributed by atoms with Gasteiger partial charge in [-0.15, -0.1) is 0 Å². The molecular weight excluding hydrogens is 291 g/mol. The van der Waals surface area contributed by atoms with E-state index >= 15 is 0 Å². The first kappa shape index (κ1) is 14.8. The third-order valence-corrected chi connectivity index (χ3v) is 3.22. The highest BCUT2D eigenvalue weighted by atomic mass is 35.5. The Kier molecular flexibility index (Phi) is 4.65. The van der Waals surface area contributed by atoms with E-state index in [1.54, 1.807) is 6.21 Å². The zero-order valence-corrected chi connectivity index (χ0v) is 11.2. The normalized spacial score (nSPS) is 19.5. The van der Waals surface area contributed by atoms with Crippen molar-refractivity contribution in [2.24, 2.45) is 11.0 Å². The topological polar surface area (TPSA) is 37.3 Å². The largest absolute Gasteiger partial charge is 0.417 e. The van der Waals surface area contributed by atoms with Crippen LogP contribution in [0.4, 0.5) is 19.0 Å². The molecule has 3 nitrogen and oxygen atoms in total. The molecule has 1 heterocycles. The Labute approximate surface area is 119 Å². The van der Waals surface area contributed by atoms with Crippen LogP contribution in [0.5, 0.6) is 0 Å². The minimum atomic E-state index is -4.45. The summed E-state index contributed by atoms with van der Waals surface area (Å²) < 4.78 is 37.3. The van der Waals surface area contributed by atoms with Gasteiger partial charge in [-0.25, -0.2) is 4.98 Å². The maximum atomic E-state index is 12.4. The van der Waals surface area contributed by atoms with Crippen LogP contribution in [0.3, 0.4) is 0 Å². The Bertz CT molecular complexity index is 526. The van der Waals surface area contributed by atoms with E-state index < -0.39 is 11.7 Å². The predicted molar refractivity (Wildman–Crippen MR) is 72.8 cm³/mol. The lowest BCUT2D eigenvalue weighted by molar-refractivity contribution is -0.137. The molecule has 0 bridgehead atoms. The molecule has 20 heavy (non-hydrogen) atoms. The molecule has 1 atom stereocenters. The van der Waals surface area contributed by atoms with Gasteiger partial charge >= 0.3 is 6.18 Å². The lowest BCUT2D eigenvalue weighted by Gasteiger charge is -2.12. The Morgan fingerprint density at radius 2 is 2.20 bits per heavy atom. The standard InChI is InChI=1S/C13H13ClF3N3/c14-11-6-10(13(15,16)17)8-18-12(11)20-19-7-9-4-2-1-3-5-9/h1-2,6-9H,3-5H2,(H,18,20)/b19-7-/t9-/m1/s1. The molecule has 0 saturated carbocycles. The molecule has 0 spiro atoms.